The number of hydrogen-bond donors (Lipinski definition) is 0. The van der Waals surface area contributed by atoms with Gasteiger partial charge in [0.25, 0.3) is 0 Å². The molecule has 0 bridgehead atoms. The van der Waals surface area contributed by atoms with Crippen LogP contribution in [0.1, 0.15) is 78.1 Å². The molecule has 1 aliphatic carbocycles. The highest BCUT2D eigenvalue weighted by molar-refractivity contribution is 6.34. The third kappa shape index (κ3) is 6.92. The topological polar surface area (TPSA) is 43.4 Å². The van der Waals surface area contributed by atoms with Crippen molar-refractivity contribution in [3.63, 3.8) is 0 Å². The molecule has 1 atom stereocenters. The Hall–Kier alpha value is -1.12. The van der Waals surface area contributed by atoms with Crippen LogP contribution in [0, 0.1) is 5.92 Å². The second-order valence-corrected chi connectivity index (χ2v) is 5.99. The molecule has 0 N–H and O–H groups in total. The number of allylic oxidation sites excluding steroid dienone is 2. The predicted molar refractivity (Wildman–Crippen MR) is 85.0 cm³/mol. The Morgan fingerprint density at radius 2 is 1.90 bits per heavy atom. The number of ketones is 1. The highest BCUT2D eigenvalue weighted by Crippen LogP contribution is 2.25. The van der Waals surface area contributed by atoms with E-state index in [1.807, 2.05) is 13.8 Å². The second kappa shape index (κ2) is 10.6. The van der Waals surface area contributed by atoms with E-state index in [1.54, 1.807) is 0 Å². The van der Waals surface area contributed by atoms with Crippen molar-refractivity contribution in [3.8, 4) is 0 Å². The van der Waals surface area contributed by atoms with Crippen molar-refractivity contribution in [1.82, 2.24) is 0 Å². The molecule has 0 aromatic carbocycles. The van der Waals surface area contributed by atoms with Crippen LogP contribution in [0.15, 0.2) is 12.2 Å². The largest absolute Gasteiger partial charge is 0.457 e. The number of Topliss-reactive ketones (excluding diaryl/α,β-unsaturated/α-hetero) is 1. The number of unbranched alkanes of at least 4 members (excludes halogenated alkanes) is 2. The Kier molecular flexibility index (Phi) is 9.04. The summed E-state index contributed by atoms with van der Waals surface area (Å²) in [6.45, 7) is 4.03. The molecule has 3 heteroatoms. The first-order valence-electron chi connectivity index (χ1n) is 8.55. The molecule has 0 heterocycles. The first-order chi connectivity index (χ1) is 10.2. The molecule has 0 spiro atoms. The van der Waals surface area contributed by atoms with E-state index in [-0.39, 0.29) is 17.8 Å². The monoisotopic (exact) mass is 294 g/mol. The van der Waals surface area contributed by atoms with Gasteiger partial charge in [0.05, 0.1) is 0 Å². The highest BCUT2D eigenvalue weighted by atomic mass is 16.5. The normalized spacial score (nSPS) is 17.8. The van der Waals surface area contributed by atoms with Crippen LogP contribution < -0.4 is 0 Å². The van der Waals surface area contributed by atoms with Crippen LogP contribution in [0.25, 0.3) is 0 Å². The third-order valence-corrected chi connectivity index (χ3v) is 4.29. The molecular weight excluding hydrogens is 264 g/mol. The summed E-state index contributed by atoms with van der Waals surface area (Å²) in [5.41, 5.74) is 0. The molecule has 21 heavy (non-hydrogen) atoms. The van der Waals surface area contributed by atoms with Crippen molar-refractivity contribution in [2.45, 2.75) is 84.2 Å². The number of rotatable bonds is 9. The SMILES string of the molecule is C/C=C/CCCCC(CC)OC(=O)C(=O)C1CCCCC1. The minimum Gasteiger partial charge on any atom is -0.457 e. The zero-order valence-corrected chi connectivity index (χ0v) is 13.6. The highest BCUT2D eigenvalue weighted by Gasteiger charge is 2.29. The van der Waals surface area contributed by atoms with Gasteiger partial charge in [-0.2, -0.15) is 0 Å². The number of carbonyl (C=O) groups excluding carboxylic acids is 2. The van der Waals surface area contributed by atoms with Gasteiger partial charge in [-0.25, -0.2) is 4.79 Å². The van der Waals surface area contributed by atoms with Gasteiger partial charge in [0.15, 0.2) is 0 Å². The maximum atomic E-state index is 12.1. The minimum atomic E-state index is -0.595. The molecule has 1 aliphatic rings. The molecule has 0 aromatic rings. The summed E-state index contributed by atoms with van der Waals surface area (Å²) in [6.07, 6.45) is 14.0. The fraction of sp³-hybridized carbons (Fsp3) is 0.778. The maximum Gasteiger partial charge on any atom is 0.375 e. The van der Waals surface area contributed by atoms with Gasteiger partial charge in [-0.1, -0.05) is 38.3 Å². The molecule has 3 nitrogen and oxygen atoms in total. The lowest BCUT2D eigenvalue weighted by Crippen LogP contribution is -2.30. The van der Waals surface area contributed by atoms with Gasteiger partial charge in [-0.3, -0.25) is 4.79 Å². The van der Waals surface area contributed by atoms with Crippen molar-refractivity contribution in [2.75, 3.05) is 0 Å². The number of carbonyl (C=O) groups is 2. The number of hydrogen-bond acceptors (Lipinski definition) is 3. The van der Waals surface area contributed by atoms with E-state index < -0.39 is 5.97 Å². The standard InChI is InChI=1S/C18H30O3/c1-3-5-6-7-11-14-16(4-2)21-18(20)17(19)15-12-9-8-10-13-15/h3,5,15-16H,4,6-14H2,1-2H3/b5-3+. The van der Waals surface area contributed by atoms with Gasteiger partial charge < -0.3 is 4.74 Å². The molecule has 1 unspecified atom stereocenters. The number of ether oxygens (including phenoxy) is 1. The fourth-order valence-corrected chi connectivity index (χ4v) is 2.89. The summed E-state index contributed by atoms with van der Waals surface area (Å²) < 4.78 is 5.41. The van der Waals surface area contributed by atoms with Gasteiger partial charge in [0.1, 0.15) is 6.10 Å². The molecule has 0 aromatic heterocycles. The summed E-state index contributed by atoms with van der Waals surface area (Å²) in [7, 11) is 0. The first kappa shape index (κ1) is 17.9. The molecule has 0 aliphatic heterocycles. The molecule has 1 saturated carbocycles. The Morgan fingerprint density at radius 1 is 1.19 bits per heavy atom. The summed E-state index contributed by atoms with van der Waals surface area (Å²) in [6, 6.07) is 0. The van der Waals surface area contributed by atoms with Crippen LogP contribution in [-0.2, 0) is 14.3 Å². The molecule has 120 valence electrons. The lowest BCUT2D eigenvalue weighted by atomic mass is 9.86. The average molecular weight is 294 g/mol. The summed E-state index contributed by atoms with van der Waals surface area (Å²) >= 11 is 0. The molecule has 0 radical (unpaired) electrons. The van der Waals surface area contributed by atoms with E-state index in [2.05, 4.69) is 12.2 Å². The zero-order chi connectivity index (χ0) is 15.5. The maximum absolute atomic E-state index is 12.1. The van der Waals surface area contributed by atoms with E-state index >= 15 is 0 Å². The summed E-state index contributed by atoms with van der Waals surface area (Å²) in [4.78, 5) is 24.0. The Labute approximate surface area is 129 Å². The van der Waals surface area contributed by atoms with Gasteiger partial charge in [-0.05, 0) is 51.9 Å². The number of esters is 1. The Balaban J connectivity index is 2.30. The predicted octanol–water partition coefficient (Wildman–Crippen LogP) is 4.59. The van der Waals surface area contributed by atoms with Crippen LogP contribution in [-0.4, -0.2) is 17.9 Å². The fourth-order valence-electron chi connectivity index (χ4n) is 2.89. The van der Waals surface area contributed by atoms with E-state index in [9.17, 15) is 9.59 Å². The minimum absolute atomic E-state index is 0.0848. The van der Waals surface area contributed by atoms with E-state index in [4.69, 9.17) is 4.74 Å². The van der Waals surface area contributed by atoms with Crippen molar-refractivity contribution in [1.29, 1.82) is 0 Å². The second-order valence-electron chi connectivity index (χ2n) is 5.99. The van der Waals surface area contributed by atoms with Crippen LogP contribution in [0.5, 0.6) is 0 Å². The van der Waals surface area contributed by atoms with Gasteiger partial charge in [-0.15, -0.1) is 0 Å². The molecule has 1 fully saturated rings. The lowest BCUT2D eigenvalue weighted by molar-refractivity contribution is -0.160. The van der Waals surface area contributed by atoms with Crippen molar-refractivity contribution in [3.05, 3.63) is 12.2 Å². The van der Waals surface area contributed by atoms with Crippen LogP contribution in [0.4, 0.5) is 0 Å². The van der Waals surface area contributed by atoms with Gasteiger partial charge >= 0.3 is 5.97 Å². The first-order valence-corrected chi connectivity index (χ1v) is 8.55. The van der Waals surface area contributed by atoms with Crippen LogP contribution in [0.2, 0.25) is 0 Å². The van der Waals surface area contributed by atoms with E-state index in [0.29, 0.717) is 0 Å². The Bertz CT molecular complexity index is 340. The van der Waals surface area contributed by atoms with Crippen LogP contribution >= 0.6 is 0 Å². The zero-order valence-electron chi connectivity index (χ0n) is 13.6. The van der Waals surface area contributed by atoms with E-state index in [0.717, 1.165) is 57.8 Å². The summed E-state index contributed by atoms with van der Waals surface area (Å²) in [5.74, 6) is -0.970. The third-order valence-electron chi connectivity index (χ3n) is 4.29. The smallest absolute Gasteiger partial charge is 0.375 e. The van der Waals surface area contributed by atoms with E-state index in [1.165, 1.54) is 6.42 Å². The van der Waals surface area contributed by atoms with Crippen LogP contribution in [0.3, 0.4) is 0 Å². The van der Waals surface area contributed by atoms with Crippen molar-refractivity contribution >= 4 is 11.8 Å². The Morgan fingerprint density at radius 3 is 2.52 bits per heavy atom. The molecule has 0 saturated heterocycles. The quantitative estimate of drug-likeness (QED) is 0.270. The average Bonchev–Trinajstić information content (AvgIpc) is 2.53. The van der Waals surface area contributed by atoms with Gasteiger partial charge in [0.2, 0.25) is 5.78 Å². The lowest BCUT2D eigenvalue weighted by Gasteiger charge is -2.21. The summed E-state index contributed by atoms with van der Waals surface area (Å²) in [5, 5.41) is 0. The molecule has 0 amide bonds. The molecule has 1 rings (SSSR count). The van der Waals surface area contributed by atoms with Crippen molar-refractivity contribution in [2.24, 2.45) is 5.92 Å². The molecular formula is C18H30O3. The van der Waals surface area contributed by atoms with Crippen molar-refractivity contribution < 1.29 is 14.3 Å². The van der Waals surface area contributed by atoms with Gasteiger partial charge in [0, 0.05) is 5.92 Å².